The van der Waals surface area contributed by atoms with Gasteiger partial charge in [0.15, 0.2) is 6.61 Å². The summed E-state index contributed by atoms with van der Waals surface area (Å²) >= 11 is 3.16. The molecule has 0 aliphatic rings. The number of ether oxygens (including phenoxy) is 1. The second-order valence-electron chi connectivity index (χ2n) is 4.15. The molecule has 1 aromatic carbocycles. The summed E-state index contributed by atoms with van der Waals surface area (Å²) in [6.45, 7) is 3.90. The normalized spacial score (nSPS) is 12.0. The van der Waals surface area contributed by atoms with E-state index in [0.717, 1.165) is 12.8 Å². The molecule has 3 nitrogen and oxygen atoms in total. The number of hydrogen-bond donors (Lipinski definition) is 1. The Labute approximate surface area is 115 Å². The molecular formula is C13H17BrFNO2. The fraction of sp³-hybridized carbons (Fsp3) is 0.462. The molecule has 0 radical (unpaired) electrons. The minimum atomic E-state index is -0.404. The Kier molecular flexibility index (Phi) is 6.12. The first-order valence-corrected chi connectivity index (χ1v) is 6.68. The lowest BCUT2D eigenvalue weighted by atomic mass is 10.2. The minimum Gasteiger partial charge on any atom is -0.484 e. The van der Waals surface area contributed by atoms with E-state index < -0.39 is 5.82 Å². The van der Waals surface area contributed by atoms with Crippen LogP contribution in [0.3, 0.4) is 0 Å². The molecule has 0 fully saturated rings. The quantitative estimate of drug-likeness (QED) is 0.874. The van der Waals surface area contributed by atoms with Crippen molar-refractivity contribution < 1.29 is 13.9 Å². The van der Waals surface area contributed by atoms with Gasteiger partial charge in [0.25, 0.3) is 5.91 Å². The van der Waals surface area contributed by atoms with Crippen LogP contribution < -0.4 is 10.1 Å². The van der Waals surface area contributed by atoms with Gasteiger partial charge in [-0.25, -0.2) is 4.39 Å². The first kappa shape index (κ1) is 15.0. The highest BCUT2D eigenvalue weighted by molar-refractivity contribution is 9.10. The molecule has 0 saturated carbocycles. The lowest BCUT2D eigenvalue weighted by molar-refractivity contribution is -0.123. The minimum absolute atomic E-state index is 0.107. The molecule has 0 aliphatic carbocycles. The van der Waals surface area contributed by atoms with Crippen LogP contribution in [0.4, 0.5) is 4.39 Å². The molecule has 1 atom stereocenters. The van der Waals surface area contributed by atoms with Crippen molar-refractivity contribution in [1.29, 1.82) is 0 Å². The number of nitrogens with one attached hydrogen (secondary N) is 1. The highest BCUT2D eigenvalue weighted by Gasteiger charge is 2.08. The highest BCUT2D eigenvalue weighted by atomic mass is 79.9. The zero-order chi connectivity index (χ0) is 13.5. The smallest absolute Gasteiger partial charge is 0.258 e. The van der Waals surface area contributed by atoms with Gasteiger partial charge in [0.2, 0.25) is 0 Å². The predicted molar refractivity (Wildman–Crippen MR) is 72.1 cm³/mol. The van der Waals surface area contributed by atoms with Crippen LogP contribution in [0.2, 0.25) is 0 Å². The number of benzene rings is 1. The number of amides is 1. The van der Waals surface area contributed by atoms with Crippen molar-refractivity contribution in [3.8, 4) is 5.75 Å². The molecule has 1 aromatic rings. The Bertz CT molecular complexity index is 392. The van der Waals surface area contributed by atoms with Crippen LogP contribution in [0.25, 0.3) is 0 Å². The summed E-state index contributed by atoms with van der Waals surface area (Å²) in [7, 11) is 0. The Morgan fingerprint density at radius 3 is 2.83 bits per heavy atom. The maximum absolute atomic E-state index is 13.1. The molecule has 18 heavy (non-hydrogen) atoms. The summed E-state index contributed by atoms with van der Waals surface area (Å²) in [5.74, 6) is -0.268. The van der Waals surface area contributed by atoms with Gasteiger partial charge in [-0.05, 0) is 25.5 Å². The van der Waals surface area contributed by atoms with Crippen molar-refractivity contribution in [2.75, 3.05) is 6.61 Å². The van der Waals surface area contributed by atoms with Crippen LogP contribution in [0, 0.1) is 5.82 Å². The predicted octanol–water partition coefficient (Wildman–Crippen LogP) is 3.27. The van der Waals surface area contributed by atoms with Gasteiger partial charge in [0.1, 0.15) is 11.6 Å². The molecule has 0 spiro atoms. The van der Waals surface area contributed by atoms with Crippen molar-refractivity contribution in [2.24, 2.45) is 0 Å². The summed E-state index contributed by atoms with van der Waals surface area (Å²) in [5.41, 5.74) is 0. The molecule has 0 saturated heterocycles. The SMILES string of the molecule is CCCC(C)NC(=O)COc1cc(F)cc(Br)c1. The van der Waals surface area contributed by atoms with E-state index in [0.29, 0.717) is 10.2 Å². The largest absolute Gasteiger partial charge is 0.484 e. The molecular weight excluding hydrogens is 301 g/mol. The van der Waals surface area contributed by atoms with E-state index >= 15 is 0 Å². The zero-order valence-corrected chi connectivity index (χ0v) is 12.1. The molecule has 1 unspecified atom stereocenters. The Balaban J connectivity index is 2.42. The lowest BCUT2D eigenvalue weighted by Gasteiger charge is -2.13. The molecule has 0 bridgehead atoms. The summed E-state index contributed by atoms with van der Waals surface area (Å²) in [6.07, 6.45) is 1.94. The van der Waals surface area contributed by atoms with E-state index in [1.54, 1.807) is 6.07 Å². The molecule has 5 heteroatoms. The summed E-state index contributed by atoms with van der Waals surface area (Å²) < 4.78 is 18.9. The van der Waals surface area contributed by atoms with Crippen molar-refractivity contribution in [2.45, 2.75) is 32.7 Å². The van der Waals surface area contributed by atoms with Gasteiger partial charge in [-0.3, -0.25) is 4.79 Å². The van der Waals surface area contributed by atoms with Crippen LogP contribution in [0.1, 0.15) is 26.7 Å². The number of halogens is 2. The fourth-order valence-electron chi connectivity index (χ4n) is 1.58. The van der Waals surface area contributed by atoms with Crippen molar-refractivity contribution in [3.63, 3.8) is 0 Å². The second-order valence-corrected chi connectivity index (χ2v) is 5.07. The van der Waals surface area contributed by atoms with Gasteiger partial charge in [-0.1, -0.05) is 29.3 Å². The van der Waals surface area contributed by atoms with Gasteiger partial charge >= 0.3 is 0 Å². The first-order valence-electron chi connectivity index (χ1n) is 5.89. The molecule has 1 amide bonds. The van der Waals surface area contributed by atoms with Gasteiger partial charge in [0, 0.05) is 16.6 Å². The Morgan fingerprint density at radius 2 is 2.22 bits per heavy atom. The molecule has 1 rings (SSSR count). The van der Waals surface area contributed by atoms with E-state index in [1.807, 2.05) is 6.92 Å². The molecule has 0 heterocycles. The monoisotopic (exact) mass is 317 g/mol. The standard InChI is InChI=1S/C13H17BrFNO2/c1-3-4-9(2)16-13(17)8-18-12-6-10(14)5-11(15)7-12/h5-7,9H,3-4,8H2,1-2H3,(H,16,17). The molecule has 1 N–H and O–H groups in total. The first-order chi connectivity index (χ1) is 8.51. The second kappa shape index (κ2) is 7.36. The molecule has 0 aliphatic heterocycles. The Hall–Kier alpha value is -1.10. The van der Waals surface area contributed by atoms with Crippen molar-refractivity contribution in [1.82, 2.24) is 5.32 Å². The van der Waals surface area contributed by atoms with Gasteiger partial charge in [-0.2, -0.15) is 0 Å². The summed E-state index contributed by atoms with van der Waals surface area (Å²) in [4.78, 5) is 11.5. The van der Waals surface area contributed by atoms with E-state index in [9.17, 15) is 9.18 Å². The van der Waals surface area contributed by atoms with E-state index in [4.69, 9.17) is 4.74 Å². The number of carbonyl (C=O) groups is 1. The number of carbonyl (C=O) groups excluding carboxylic acids is 1. The van der Waals surface area contributed by atoms with E-state index in [2.05, 4.69) is 28.2 Å². The van der Waals surface area contributed by atoms with Crippen molar-refractivity contribution >= 4 is 21.8 Å². The maximum Gasteiger partial charge on any atom is 0.258 e. The van der Waals surface area contributed by atoms with Gasteiger partial charge < -0.3 is 10.1 Å². The Morgan fingerprint density at radius 1 is 1.50 bits per heavy atom. The average molecular weight is 318 g/mol. The van der Waals surface area contributed by atoms with Crippen LogP contribution >= 0.6 is 15.9 Å². The van der Waals surface area contributed by atoms with Crippen molar-refractivity contribution in [3.05, 3.63) is 28.5 Å². The van der Waals surface area contributed by atoms with Crippen LogP contribution in [0.15, 0.2) is 22.7 Å². The fourth-order valence-corrected chi connectivity index (χ4v) is 2.03. The number of hydrogen-bond acceptors (Lipinski definition) is 2. The highest BCUT2D eigenvalue weighted by Crippen LogP contribution is 2.20. The summed E-state index contributed by atoms with van der Waals surface area (Å²) in [5, 5.41) is 2.81. The van der Waals surface area contributed by atoms with Crippen LogP contribution in [0.5, 0.6) is 5.75 Å². The third-order valence-corrected chi connectivity index (χ3v) is 2.79. The topological polar surface area (TPSA) is 38.3 Å². The van der Waals surface area contributed by atoms with Gasteiger partial charge in [0.05, 0.1) is 0 Å². The van der Waals surface area contributed by atoms with Gasteiger partial charge in [-0.15, -0.1) is 0 Å². The van der Waals surface area contributed by atoms with Crippen LogP contribution in [-0.4, -0.2) is 18.6 Å². The maximum atomic E-state index is 13.1. The lowest BCUT2D eigenvalue weighted by Crippen LogP contribution is -2.35. The average Bonchev–Trinajstić information content (AvgIpc) is 2.25. The number of rotatable bonds is 6. The van der Waals surface area contributed by atoms with E-state index in [1.165, 1.54) is 12.1 Å². The third kappa shape index (κ3) is 5.49. The molecule has 0 aromatic heterocycles. The zero-order valence-electron chi connectivity index (χ0n) is 10.5. The summed E-state index contributed by atoms with van der Waals surface area (Å²) in [6, 6.07) is 4.32. The van der Waals surface area contributed by atoms with E-state index in [-0.39, 0.29) is 18.6 Å². The third-order valence-electron chi connectivity index (χ3n) is 2.34. The van der Waals surface area contributed by atoms with Crippen LogP contribution in [-0.2, 0) is 4.79 Å². The molecule has 100 valence electrons.